The number of amides is 2. The van der Waals surface area contributed by atoms with Gasteiger partial charge in [-0.15, -0.1) is 0 Å². The molecule has 1 fully saturated rings. The summed E-state index contributed by atoms with van der Waals surface area (Å²) in [6, 6.07) is 4.18. The van der Waals surface area contributed by atoms with E-state index in [1.54, 1.807) is 0 Å². The summed E-state index contributed by atoms with van der Waals surface area (Å²) in [5.74, 6) is -1.05. The zero-order chi connectivity index (χ0) is 17.0. The summed E-state index contributed by atoms with van der Waals surface area (Å²) in [7, 11) is 0. The summed E-state index contributed by atoms with van der Waals surface area (Å²) in [5, 5.41) is 5.68. The standard InChI is InChI=1S/C19H28N2O2/c1-12-10-14(3)17(11-13(12)2)15(4)20-18(22)19(23)21-16-8-6-5-7-9-16/h10-11,15-16H,5-9H2,1-4H3,(H,20,22)(H,21,23)/t15-/m0/s1. The van der Waals surface area contributed by atoms with Crippen molar-refractivity contribution in [2.75, 3.05) is 0 Å². The Balaban J connectivity index is 1.96. The number of carbonyl (C=O) groups is 2. The van der Waals surface area contributed by atoms with E-state index >= 15 is 0 Å². The highest BCUT2D eigenvalue weighted by Crippen LogP contribution is 2.21. The van der Waals surface area contributed by atoms with E-state index in [0.29, 0.717) is 0 Å². The topological polar surface area (TPSA) is 58.2 Å². The molecule has 2 amide bonds. The molecular weight excluding hydrogens is 288 g/mol. The van der Waals surface area contributed by atoms with Crippen LogP contribution in [0.4, 0.5) is 0 Å². The first-order valence-corrected chi connectivity index (χ1v) is 8.57. The highest BCUT2D eigenvalue weighted by atomic mass is 16.2. The summed E-state index contributed by atoms with van der Waals surface area (Å²) in [5.41, 5.74) is 4.62. The van der Waals surface area contributed by atoms with E-state index in [2.05, 4.69) is 36.6 Å². The fourth-order valence-electron chi connectivity index (χ4n) is 3.29. The van der Waals surface area contributed by atoms with Crippen molar-refractivity contribution in [2.45, 2.75) is 71.9 Å². The number of rotatable bonds is 3. The third-order valence-corrected chi connectivity index (χ3v) is 4.84. The summed E-state index contributed by atoms with van der Waals surface area (Å²) in [6.45, 7) is 8.09. The second-order valence-corrected chi connectivity index (χ2v) is 6.80. The van der Waals surface area contributed by atoms with Gasteiger partial charge in [-0.3, -0.25) is 9.59 Å². The second-order valence-electron chi connectivity index (χ2n) is 6.80. The Hall–Kier alpha value is -1.84. The van der Waals surface area contributed by atoms with Crippen LogP contribution in [0.1, 0.15) is 67.3 Å². The largest absolute Gasteiger partial charge is 0.345 e. The molecule has 23 heavy (non-hydrogen) atoms. The molecule has 0 unspecified atom stereocenters. The Labute approximate surface area is 139 Å². The molecule has 1 aliphatic carbocycles. The van der Waals surface area contributed by atoms with Crippen LogP contribution in [0.2, 0.25) is 0 Å². The Bertz CT molecular complexity index is 589. The summed E-state index contributed by atoms with van der Waals surface area (Å²) >= 11 is 0. The maximum atomic E-state index is 12.1. The van der Waals surface area contributed by atoms with Gasteiger partial charge in [0.2, 0.25) is 0 Å². The summed E-state index contributed by atoms with van der Waals surface area (Å²) in [6.07, 6.45) is 5.44. The van der Waals surface area contributed by atoms with Gasteiger partial charge in [0.1, 0.15) is 0 Å². The SMILES string of the molecule is Cc1cc(C)c([C@H](C)NC(=O)C(=O)NC2CCCCC2)cc1C. The number of hydrogen-bond donors (Lipinski definition) is 2. The fourth-order valence-corrected chi connectivity index (χ4v) is 3.29. The Morgan fingerprint density at radius 1 is 0.957 bits per heavy atom. The quantitative estimate of drug-likeness (QED) is 0.841. The predicted molar refractivity (Wildman–Crippen MR) is 92.2 cm³/mol. The molecule has 0 heterocycles. The lowest BCUT2D eigenvalue weighted by atomic mass is 9.95. The van der Waals surface area contributed by atoms with Crippen LogP contribution in [-0.4, -0.2) is 17.9 Å². The van der Waals surface area contributed by atoms with E-state index in [4.69, 9.17) is 0 Å². The van der Waals surface area contributed by atoms with E-state index in [9.17, 15) is 9.59 Å². The van der Waals surface area contributed by atoms with Crippen molar-refractivity contribution >= 4 is 11.8 Å². The Kier molecular flexibility index (Phi) is 5.80. The Morgan fingerprint density at radius 2 is 1.57 bits per heavy atom. The molecule has 4 nitrogen and oxygen atoms in total. The third kappa shape index (κ3) is 4.57. The summed E-state index contributed by atoms with van der Waals surface area (Å²) in [4.78, 5) is 24.2. The van der Waals surface area contributed by atoms with Crippen molar-refractivity contribution in [1.82, 2.24) is 10.6 Å². The molecule has 0 bridgehead atoms. The molecule has 1 saturated carbocycles. The minimum absolute atomic E-state index is 0.153. The van der Waals surface area contributed by atoms with Crippen molar-refractivity contribution in [3.05, 3.63) is 34.4 Å². The van der Waals surface area contributed by atoms with Crippen LogP contribution in [0.15, 0.2) is 12.1 Å². The van der Waals surface area contributed by atoms with Crippen LogP contribution in [-0.2, 0) is 9.59 Å². The number of aryl methyl sites for hydroxylation is 3. The molecule has 1 atom stereocenters. The molecule has 0 spiro atoms. The van der Waals surface area contributed by atoms with Gasteiger partial charge in [-0.25, -0.2) is 0 Å². The van der Waals surface area contributed by atoms with Crippen LogP contribution in [0.5, 0.6) is 0 Å². The molecule has 0 saturated heterocycles. The van der Waals surface area contributed by atoms with Crippen molar-refractivity contribution in [3.8, 4) is 0 Å². The number of nitrogens with one attached hydrogen (secondary N) is 2. The van der Waals surface area contributed by atoms with E-state index in [-0.39, 0.29) is 12.1 Å². The molecule has 4 heteroatoms. The van der Waals surface area contributed by atoms with Gasteiger partial charge in [-0.2, -0.15) is 0 Å². The van der Waals surface area contributed by atoms with Crippen LogP contribution >= 0.6 is 0 Å². The smallest absolute Gasteiger partial charge is 0.309 e. The van der Waals surface area contributed by atoms with Gasteiger partial charge in [0.15, 0.2) is 0 Å². The maximum absolute atomic E-state index is 12.1. The first kappa shape index (κ1) is 17.5. The van der Waals surface area contributed by atoms with E-state index < -0.39 is 11.8 Å². The predicted octanol–water partition coefficient (Wildman–Crippen LogP) is 3.24. The average molecular weight is 316 g/mol. The van der Waals surface area contributed by atoms with Crippen molar-refractivity contribution < 1.29 is 9.59 Å². The van der Waals surface area contributed by atoms with Crippen molar-refractivity contribution in [3.63, 3.8) is 0 Å². The minimum Gasteiger partial charge on any atom is -0.345 e. The molecule has 2 rings (SSSR count). The highest BCUT2D eigenvalue weighted by Gasteiger charge is 2.22. The minimum atomic E-state index is -0.541. The van der Waals surface area contributed by atoms with Gasteiger partial charge in [0, 0.05) is 6.04 Å². The third-order valence-electron chi connectivity index (χ3n) is 4.84. The van der Waals surface area contributed by atoms with E-state index in [1.807, 2.05) is 13.8 Å². The number of carbonyl (C=O) groups excluding carboxylic acids is 2. The van der Waals surface area contributed by atoms with E-state index in [1.165, 1.54) is 17.5 Å². The second kappa shape index (κ2) is 7.62. The van der Waals surface area contributed by atoms with Gasteiger partial charge in [-0.1, -0.05) is 31.4 Å². The zero-order valence-corrected chi connectivity index (χ0v) is 14.7. The molecule has 2 N–H and O–H groups in total. The Morgan fingerprint density at radius 3 is 2.22 bits per heavy atom. The van der Waals surface area contributed by atoms with Crippen LogP contribution < -0.4 is 10.6 Å². The van der Waals surface area contributed by atoms with Crippen molar-refractivity contribution in [2.24, 2.45) is 0 Å². The zero-order valence-electron chi connectivity index (χ0n) is 14.7. The van der Waals surface area contributed by atoms with E-state index in [0.717, 1.165) is 36.8 Å². The number of benzene rings is 1. The normalized spacial score (nSPS) is 16.7. The average Bonchev–Trinajstić information content (AvgIpc) is 2.51. The van der Waals surface area contributed by atoms with Gasteiger partial charge in [0.05, 0.1) is 6.04 Å². The lowest BCUT2D eigenvalue weighted by molar-refractivity contribution is -0.140. The molecule has 0 aromatic heterocycles. The first-order chi connectivity index (χ1) is 10.9. The monoisotopic (exact) mass is 316 g/mol. The lowest BCUT2D eigenvalue weighted by Gasteiger charge is -2.23. The van der Waals surface area contributed by atoms with Crippen LogP contribution in [0.3, 0.4) is 0 Å². The van der Waals surface area contributed by atoms with Gasteiger partial charge < -0.3 is 10.6 Å². The molecule has 1 aliphatic rings. The molecular formula is C19H28N2O2. The molecule has 1 aromatic carbocycles. The first-order valence-electron chi connectivity index (χ1n) is 8.57. The highest BCUT2D eigenvalue weighted by molar-refractivity contribution is 6.35. The molecule has 0 aliphatic heterocycles. The van der Waals surface area contributed by atoms with Crippen LogP contribution in [0, 0.1) is 20.8 Å². The molecule has 0 radical (unpaired) electrons. The number of hydrogen-bond acceptors (Lipinski definition) is 2. The maximum Gasteiger partial charge on any atom is 0.309 e. The van der Waals surface area contributed by atoms with Gasteiger partial charge in [-0.05, 0) is 62.8 Å². The van der Waals surface area contributed by atoms with Gasteiger partial charge >= 0.3 is 11.8 Å². The van der Waals surface area contributed by atoms with Gasteiger partial charge in [0.25, 0.3) is 0 Å². The van der Waals surface area contributed by atoms with Crippen molar-refractivity contribution in [1.29, 1.82) is 0 Å². The van der Waals surface area contributed by atoms with Crippen LogP contribution in [0.25, 0.3) is 0 Å². The fraction of sp³-hybridized carbons (Fsp3) is 0.579. The lowest BCUT2D eigenvalue weighted by Crippen LogP contribution is -2.45. The molecule has 1 aromatic rings. The summed E-state index contributed by atoms with van der Waals surface area (Å²) < 4.78 is 0. The molecule has 126 valence electrons.